The summed E-state index contributed by atoms with van der Waals surface area (Å²) in [5, 5.41) is 4.99. The molecule has 0 unspecified atom stereocenters. The first-order chi connectivity index (χ1) is 5.95. The number of hydrogen-bond acceptors (Lipinski definition) is 3. The summed E-state index contributed by atoms with van der Waals surface area (Å²) in [6.45, 7) is 0. The van der Waals surface area contributed by atoms with Crippen molar-refractivity contribution >= 4 is 32.6 Å². The van der Waals surface area contributed by atoms with Gasteiger partial charge in [0, 0.05) is 9.64 Å². The van der Waals surface area contributed by atoms with Crippen LogP contribution in [0.1, 0.15) is 0 Å². The number of rotatable bonds is 2. The third kappa shape index (κ3) is 2.55. The highest BCUT2D eigenvalue weighted by molar-refractivity contribution is 14.1. The van der Waals surface area contributed by atoms with Crippen molar-refractivity contribution in [3.8, 4) is 5.75 Å². The topological polar surface area (TPSA) is 69.4 Å². The zero-order chi connectivity index (χ0) is 10.1. The molecule has 1 aromatic carbocycles. The Morgan fingerprint density at radius 3 is 2.54 bits per heavy atom. The number of methoxy groups -OCH3 is 1. The average molecular weight is 313 g/mol. The summed E-state index contributed by atoms with van der Waals surface area (Å²) in [6, 6.07) is 4.71. The van der Waals surface area contributed by atoms with Crippen LogP contribution in [-0.4, -0.2) is 15.5 Å². The van der Waals surface area contributed by atoms with Gasteiger partial charge in [-0.3, -0.25) is 0 Å². The molecular weight excluding hydrogens is 305 g/mol. The first-order valence-corrected chi connectivity index (χ1v) is 5.94. The maximum atomic E-state index is 11.0. The van der Waals surface area contributed by atoms with Crippen molar-refractivity contribution in [1.29, 1.82) is 0 Å². The predicted octanol–water partition coefficient (Wildman–Crippen LogP) is 0.947. The molecule has 1 rings (SSSR count). The second-order valence-electron chi connectivity index (χ2n) is 2.34. The normalized spacial score (nSPS) is 11.3. The Hall–Kier alpha value is -0.340. The molecule has 0 atom stereocenters. The second-order valence-corrected chi connectivity index (χ2v) is 5.03. The van der Waals surface area contributed by atoms with E-state index in [1.54, 1.807) is 12.1 Å². The van der Waals surface area contributed by atoms with Crippen molar-refractivity contribution in [3.63, 3.8) is 0 Å². The monoisotopic (exact) mass is 313 g/mol. The Morgan fingerprint density at radius 1 is 1.46 bits per heavy atom. The molecule has 1 aromatic rings. The second kappa shape index (κ2) is 3.81. The van der Waals surface area contributed by atoms with Gasteiger partial charge in [0.25, 0.3) is 0 Å². The van der Waals surface area contributed by atoms with E-state index in [2.05, 4.69) is 0 Å². The van der Waals surface area contributed by atoms with Gasteiger partial charge < -0.3 is 4.74 Å². The van der Waals surface area contributed by atoms with Crippen molar-refractivity contribution in [2.45, 2.75) is 4.90 Å². The molecular formula is C7H8INO3S. The fourth-order valence-corrected chi connectivity index (χ4v) is 2.71. The molecule has 13 heavy (non-hydrogen) atoms. The molecule has 0 saturated heterocycles. The van der Waals surface area contributed by atoms with Gasteiger partial charge in [-0.1, -0.05) is 0 Å². The first kappa shape index (κ1) is 10.7. The predicted molar refractivity (Wildman–Crippen MR) is 57.1 cm³/mol. The van der Waals surface area contributed by atoms with Gasteiger partial charge in [-0.2, -0.15) is 0 Å². The highest BCUT2D eigenvalue weighted by atomic mass is 127. The Balaban J connectivity index is 3.36. The maximum Gasteiger partial charge on any atom is 0.239 e. The number of halogens is 1. The lowest BCUT2D eigenvalue weighted by atomic mass is 10.3. The van der Waals surface area contributed by atoms with E-state index in [0.29, 0.717) is 9.32 Å². The van der Waals surface area contributed by atoms with E-state index in [9.17, 15) is 8.42 Å². The molecule has 0 heterocycles. The summed E-state index contributed by atoms with van der Waals surface area (Å²) in [5.41, 5.74) is 0. The average Bonchev–Trinajstić information content (AvgIpc) is 2.03. The number of nitrogens with two attached hydrogens (primary N) is 1. The van der Waals surface area contributed by atoms with Crippen LogP contribution in [0, 0.1) is 3.57 Å². The minimum atomic E-state index is -3.65. The summed E-state index contributed by atoms with van der Waals surface area (Å²) in [6.07, 6.45) is 0. The minimum Gasteiger partial charge on any atom is -0.497 e. The Morgan fingerprint density at radius 2 is 2.08 bits per heavy atom. The molecule has 0 fully saturated rings. The van der Waals surface area contributed by atoms with Crippen LogP contribution in [-0.2, 0) is 10.0 Å². The summed E-state index contributed by atoms with van der Waals surface area (Å²) in [7, 11) is -2.19. The quantitative estimate of drug-likeness (QED) is 0.827. The fourth-order valence-electron chi connectivity index (χ4n) is 0.829. The van der Waals surface area contributed by atoms with Crippen LogP contribution in [0.2, 0.25) is 0 Å². The highest BCUT2D eigenvalue weighted by Crippen LogP contribution is 2.22. The van der Waals surface area contributed by atoms with Crippen LogP contribution in [0.25, 0.3) is 0 Å². The summed E-state index contributed by atoms with van der Waals surface area (Å²) in [4.78, 5) is 0.0902. The Kier molecular flexibility index (Phi) is 3.14. The van der Waals surface area contributed by atoms with Crippen molar-refractivity contribution in [3.05, 3.63) is 21.8 Å². The molecule has 0 amide bonds. The van der Waals surface area contributed by atoms with Crippen molar-refractivity contribution < 1.29 is 13.2 Å². The van der Waals surface area contributed by atoms with E-state index in [-0.39, 0.29) is 4.90 Å². The van der Waals surface area contributed by atoms with Gasteiger partial charge in [-0.05, 0) is 34.7 Å². The van der Waals surface area contributed by atoms with Crippen LogP contribution in [0.5, 0.6) is 5.75 Å². The molecule has 6 heteroatoms. The van der Waals surface area contributed by atoms with Crippen LogP contribution in [0.3, 0.4) is 0 Å². The Bertz CT molecular complexity index is 416. The standard InChI is InChI=1S/C7H8INO3S/c1-12-5-2-3-6(8)7(4-5)13(9,10)11/h2-4H,1H3,(H2,9,10,11). The molecule has 0 saturated carbocycles. The number of primary sulfonamides is 1. The van der Waals surface area contributed by atoms with Crippen LogP contribution in [0.15, 0.2) is 23.1 Å². The van der Waals surface area contributed by atoms with E-state index in [4.69, 9.17) is 9.88 Å². The highest BCUT2D eigenvalue weighted by Gasteiger charge is 2.12. The minimum absolute atomic E-state index is 0.0902. The third-order valence-corrected chi connectivity index (χ3v) is 3.70. The summed E-state index contributed by atoms with van der Waals surface area (Å²) in [5.74, 6) is 0.476. The van der Waals surface area contributed by atoms with Gasteiger partial charge in [0.1, 0.15) is 5.75 Å². The number of sulfonamides is 1. The lowest BCUT2D eigenvalue weighted by molar-refractivity contribution is 0.413. The van der Waals surface area contributed by atoms with Gasteiger partial charge in [0.05, 0.1) is 12.0 Å². The molecule has 0 spiro atoms. The number of hydrogen-bond donors (Lipinski definition) is 1. The van der Waals surface area contributed by atoms with E-state index in [1.165, 1.54) is 13.2 Å². The largest absolute Gasteiger partial charge is 0.497 e. The molecule has 72 valence electrons. The van der Waals surface area contributed by atoms with Gasteiger partial charge in [0.15, 0.2) is 0 Å². The lowest BCUT2D eigenvalue weighted by Gasteiger charge is -2.04. The van der Waals surface area contributed by atoms with Gasteiger partial charge in [-0.15, -0.1) is 0 Å². The van der Waals surface area contributed by atoms with E-state index in [1.807, 2.05) is 22.6 Å². The first-order valence-electron chi connectivity index (χ1n) is 3.31. The van der Waals surface area contributed by atoms with Crippen LogP contribution >= 0.6 is 22.6 Å². The third-order valence-electron chi connectivity index (χ3n) is 1.44. The number of ether oxygens (including phenoxy) is 1. The number of benzene rings is 1. The van der Waals surface area contributed by atoms with Crippen molar-refractivity contribution in [2.24, 2.45) is 5.14 Å². The van der Waals surface area contributed by atoms with Gasteiger partial charge in [0.2, 0.25) is 10.0 Å². The van der Waals surface area contributed by atoms with Crippen molar-refractivity contribution in [2.75, 3.05) is 7.11 Å². The molecule has 0 aliphatic carbocycles. The molecule has 0 aromatic heterocycles. The fraction of sp³-hybridized carbons (Fsp3) is 0.143. The van der Waals surface area contributed by atoms with E-state index < -0.39 is 10.0 Å². The van der Waals surface area contributed by atoms with E-state index >= 15 is 0 Å². The van der Waals surface area contributed by atoms with E-state index in [0.717, 1.165) is 0 Å². The smallest absolute Gasteiger partial charge is 0.239 e. The molecule has 0 aliphatic rings. The molecule has 2 N–H and O–H groups in total. The molecule has 4 nitrogen and oxygen atoms in total. The zero-order valence-electron chi connectivity index (χ0n) is 6.82. The van der Waals surface area contributed by atoms with Crippen LogP contribution < -0.4 is 9.88 Å². The summed E-state index contributed by atoms with van der Waals surface area (Å²) < 4.78 is 27.5. The zero-order valence-corrected chi connectivity index (χ0v) is 9.79. The maximum absolute atomic E-state index is 11.0. The van der Waals surface area contributed by atoms with Crippen molar-refractivity contribution in [1.82, 2.24) is 0 Å². The lowest BCUT2D eigenvalue weighted by Crippen LogP contribution is -2.13. The van der Waals surface area contributed by atoms with Gasteiger partial charge in [-0.25, -0.2) is 13.6 Å². The molecule has 0 aliphatic heterocycles. The summed E-state index contributed by atoms with van der Waals surface area (Å²) >= 11 is 1.90. The SMILES string of the molecule is COc1ccc(I)c(S(N)(=O)=O)c1. The molecule has 0 bridgehead atoms. The Labute approximate surface area is 90.3 Å². The van der Waals surface area contributed by atoms with Gasteiger partial charge >= 0.3 is 0 Å². The molecule has 0 radical (unpaired) electrons. The van der Waals surface area contributed by atoms with Crippen LogP contribution in [0.4, 0.5) is 0 Å².